The number of rotatable bonds is 5. The van der Waals surface area contributed by atoms with Crippen molar-refractivity contribution in [1.29, 1.82) is 0 Å². The normalized spacial score (nSPS) is 15.1. The molecule has 6 nitrogen and oxygen atoms in total. The van der Waals surface area contributed by atoms with Gasteiger partial charge >= 0.3 is 6.03 Å². The van der Waals surface area contributed by atoms with Crippen molar-refractivity contribution in [2.75, 3.05) is 6.54 Å². The average molecular weight is 305 g/mol. The van der Waals surface area contributed by atoms with E-state index >= 15 is 0 Å². The lowest BCUT2D eigenvalue weighted by Gasteiger charge is -2.22. The van der Waals surface area contributed by atoms with Crippen LogP contribution in [0.5, 0.6) is 0 Å². The molecule has 1 aliphatic carbocycles. The van der Waals surface area contributed by atoms with E-state index in [1.807, 2.05) is 12.1 Å². The van der Waals surface area contributed by atoms with Crippen molar-refractivity contribution in [2.45, 2.75) is 44.6 Å². The van der Waals surface area contributed by atoms with Crippen molar-refractivity contribution in [3.63, 3.8) is 0 Å². The zero-order valence-electron chi connectivity index (χ0n) is 12.6. The van der Waals surface area contributed by atoms with Crippen LogP contribution < -0.4 is 16.1 Å². The van der Waals surface area contributed by atoms with E-state index in [0.717, 1.165) is 18.4 Å². The number of hydrogen-bond acceptors (Lipinski definition) is 3. The first-order valence-corrected chi connectivity index (χ1v) is 7.77. The number of hydrogen-bond donors (Lipinski definition) is 4. The molecule has 0 saturated heterocycles. The maximum atomic E-state index is 11.8. The van der Waals surface area contributed by atoms with Gasteiger partial charge in [0.25, 0.3) is 5.91 Å². The monoisotopic (exact) mass is 305 g/mol. The third-order valence-electron chi connectivity index (χ3n) is 3.96. The first kappa shape index (κ1) is 16.3. The van der Waals surface area contributed by atoms with E-state index in [2.05, 4.69) is 10.6 Å². The summed E-state index contributed by atoms with van der Waals surface area (Å²) in [5, 5.41) is 14.4. The molecule has 0 bridgehead atoms. The Bertz CT molecular complexity index is 496. The predicted molar refractivity (Wildman–Crippen MR) is 82.8 cm³/mol. The summed E-state index contributed by atoms with van der Waals surface area (Å²) in [5.41, 5.74) is 3.01. The molecule has 1 aromatic rings. The third-order valence-corrected chi connectivity index (χ3v) is 3.96. The molecule has 1 saturated carbocycles. The van der Waals surface area contributed by atoms with E-state index in [1.165, 1.54) is 19.3 Å². The van der Waals surface area contributed by atoms with Crippen LogP contribution >= 0.6 is 0 Å². The second-order valence-electron chi connectivity index (χ2n) is 5.62. The van der Waals surface area contributed by atoms with Crippen LogP contribution in [-0.2, 0) is 6.42 Å². The fourth-order valence-corrected chi connectivity index (χ4v) is 2.69. The molecule has 120 valence electrons. The van der Waals surface area contributed by atoms with Gasteiger partial charge in [-0.2, -0.15) is 0 Å². The third kappa shape index (κ3) is 5.04. The van der Waals surface area contributed by atoms with Crippen LogP contribution in [-0.4, -0.2) is 29.7 Å². The minimum atomic E-state index is -0.531. The van der Waals surface area contributed by atoms with Gasteiger partial charge in [0, 0.05) is 18.2 Å². The first-order valence-electron chi connectivity index (χ1n) is 7.77. The van der Waals surface area contributed by atoms with E-state index in [0.29, 0.717) is 24.6 Å². The Morgan fingerprint density at radius 3 is 2.41 bits per heavy atom. The lowest BCUT2D eigenvalue weighted by Crippen LogP contribution is -2.43. The molecular formula is C16H23N3O3. The Morgan fingerprint density at radius 2 is 1.77 bits per heavy atom. The number of nitrogens with one attached hydrogen (secondary N) is 3. The SMILES string of the molecule is O=C(NCCc1ccc(C(=O)NO)cc1)NC1CCCCC1. The quantitative estimate of drug-likeness (QED) is 0.495. The second-order valence-corrected chi connectivity index (χ2v) is 5.62. The lowest BCUT2D eigenvalue weighted by atomic mass is 9.96. The van der Waals surface area contributed by atoms with Crippen molar-refractivity contribution < 1.29 is 14.8 Å². The topological polar surface area (TPSA) is 90.5 Å². The number of hydroxylamine groups is 1. The van der Waals surface area contributed by atoms with Crippen molar-refractivity contribution in [3.05, 3.63) is 35.4 Å². The van der Waals surface area contributed by atoms with Crippen LogP contribution in [0.2, 0.25) is 0 Å². The highest BCUT2D eigenvalue weighted by Gasteiger charge is 2.15. The summed E-state index contributed by atoms with van der Waals surface area (Å²) in [5.74, 6) is -0.531. The molecule has 1 aliphatic rings. The zero-order valence-corrected chi connectivity index (χ0v) is 12.6. The van der Waals surface area contributed by atoms with Gasteiger partial charge in [-0.05, 0) is 37.0 Å². The molecule has 0 atom stereocenters. The molecule has 3 amide bonds. The summed E-state index contributed by atoms with van der Waals surface area (Å²) in [6.45, 7) is 0.546. The van der Waals surface area contributed by atoms with Crippen molar-refractivity contribution in [3.8, 4) is 0 Å². The highest BCUT2D eigenvalue weighted by Crippen LogP contribution is 2.17. The van der Waals surface area contributed by atoms with E-state index < -0.39 is 5.91 Å². The molecule has 0 spiro atoms. The molecule has 0 aliphatic heterocycles. The molecule has 22 heavy (non-hydrogen) atoms. The van der Waals surface area contributed by atoms with E-state index in [9.17, 15) is 9.59 Å². The summed E-state index contributed by atoms with van der Waals surface area (Å²) in [4.78, 5) is 23.0. The maximum absolute atomic E-state index is 11.8. The molecule has 2 rings (SSSR count). The van der Waals surface area contributed by atoms with Crippen molar-refractivity contribution >= 4 is 11.9 Å². The van der Waals surface area contributed by atoms with Gasteiger partial charge in [0.1, 0.15) is 0 Å². The van der Waals surface area contributed by atoms with Crippen molar-refractivity contribution in [2.24, 2.45) is 0 Å². The van der Waals surface area contributed by atoms with Crippen molar-refractivity contribution in [1.82, 2.24) is 16.1 Å². The minimum Gasteiger partial charge on any atom is -0.338 e. The number of benzene rings is 1. The van der Waals surface area contributed by atoms with Gasteiger partial charge in [-0.25, -0.2) is 10.3 Å². The van der Waals surface area contributed by atoms with Gasteiger partial charge in [-0.3, -0.25) is 10.0 Å². The molecule has 0 aromatic heterocycles. The summed E-state index contributed by atoms with van der Waals surface area (Å²) < 4.78 is 0. The van der Waals surface area contributed by atoms with Gasteiger partial charge in [0.15, 0.2) is 0 Å². The average Bonchev–Trinajstić information content (AvgIpc) is 2.55. The second kappa shape index (κ2) is 8.38. The molecule has 0 heterocycles. The highest BCUT2D eigenvalue weighted by molar-refractivity contribution is 5.93. The summed E-state index contributed by atoms with van der Waals surface area (Å²) in [6.07, 6.45) is 6.49. The van der Waals surface area contributed by atoms with Gasteiger partial charge in [-0.1, -0.05) is 31.4 Å². The maximum Gasteiger partial charge on any atom is 0.315 e. The van der Waals surface area contributed by atoms with E-state index in [-0.39, 0.29) is 6.03 Å². The Kier molecular flexibility index (Phi) is 6.21. The Morgan fingerprint density at radius 1 is 1.09 bits per heavy atom. The number of urea groups is 1. The molecule has 1 fully saturated rings. The Hall–Kier alpha value is -2.08. The van der Waals surface area contributed by atoms with Gasteiger partial charge in [0.05, 0.1) is 0 Å². The van der Waals surface area contributed by atoms with Gasteiger partial charge < -0.3 is 10.6 Å². The number of carbonyl (C=O) groups is 2. The fraction of sp³-hybridized carbons (Fsp3) is 0.500. The van der Waals surface area contributed by atoms with Crippen LogP contribution in [0.15, 0.2) is 24.3 Å². The molecule has 0 unspecified atom stereocenters. The van der Waals surface area contributed by atoms with Gasteiger partial charge in [0.2, 0.25) is 0 Å². The molecule has 4 N–H and O–H groups in total. The molecule has 6 heteroatoms. The van der Waals surface area contributed by atoms with Crippen LogP contribution in [0.1, 0.15) is 48.0 Å². The molecular weight excluding hydrogens is 282 g/mol. The number of amides is 3. The van der Waals surface area contributed by atoms with Crippen LogP contribution in [0, 0.1) is 0 Å². The Labute approximate surface area is 130 Å². The summed E-state index contributed by atoms with van der Waals surface area (Å²) >= 11 is 0. The number of carbonyl (C=O) groups excluding carboxylic acids is 2. The Balaban J connectivity index is 1.69. The minimum absolute atomic E-state index is 0.108. The largest absolute Gasteiger partial charge is 0.338 e. The van der Waals surface area contributed by atoms with Crippen LogP contribution in [0.4, 0.5) is 4.79 Å². The lowest BCUT2D eigenvalue weighted by molar-refractivity contribution is 0.0706. The van der Waals surface area contributed by atoms with Gasteiger partial charge in [-0.15, -0.1) is 0 Å². The standard InChI is InChI=1S/C16H23N3O3/c20-15(19-22)13-8-6-12(7-9-13)10-11-17-16(21)18-14-4-2-1-3-5-14/h6-9,14,22H,1-5,10-11H2,(H,19,20)(H2,17,18,21). The fourth-order valence-electron chi connectivity index (χ4n) is 2.69. The molecule has 1 aromatic carbocycles. The summed E-state index contributed by atoms with van der Waals surface area (Å²) in [6, 6.07) is 7.11. The first-order chi connectivity index (χ1) is 10.7. The van der Waals surface area contributed by atoms with E-state index in [1.54, 1.807) is 17.6 Å². The molecule has 0 radical (unpaired) electrons. The highest BCUT2D eigenvalue weighted by atomic mass is 16.5. The smallest absolute Gasteiger partial charge is 0.315 e. The van der Waals surface area contributed by atoms with E-state index in [4.69, 9.17) is 5.21 Å². The van der Waals surface area contributed by atoms with Crippen LogP contribution in [0.25, 0.3) is 0 Å². The predicted octanol–water partition coefficient (Wildman–Crippen LogP) is 1.98. The summed E-state index contributed by atoms with van der Waals surface area (Å²) in [7, 11) is 0. The zero-order chi connectivity index (χ0) is 15.8. The van der Waals surface area contributed by atoms with Crippen LogP contribution in [0.3, 0.4) is 0 Å².